The first-order valence-electron chi connectivity index (χ1n) is 11.6. The summed E-state index contributed by atoms with van der Waals surface area (Å²) < 4.78 is 7.50. The Morgan fingerprint density at radius 1 is 1.08 bits per heavy atom. The molecule has 0 atom stereocenters. The third kappa shape index (κ3) is 6.06. The third-order valence-electron chi connectivity index (χ3n) is 5.84. The van der Waals surface area contributed by atoms with E-state index in [1.807, 2.05) is 33.7 Å². The second-order valence-electron chi connectivity index (χ2n) is 8.16. The van der Waals surface area contributed by atoms with Crippen LogP contribution in [-0.2, 0) is 20.9 Å². The SMILES string of the molecule is C=CCn1c(=NC(=O)CSCC(=O)N2CCN(c3ccccc3)CC2)sc2cc(C(=O)OC)ccc21. The van der Waals surface area contributed by atoms with Crippen molar-refractivity contribution in [1.82, 2.24) is 9.47 Å². The van der Waals surface area contributed by atoms with Gasteiger partial charge in [-0.2, -0.15) is 4.99 Å². The van der Waals surface area contributed by atoms with E-state index < -0.39 is 5.97 Å². The molecule has 2 aromatic carbocycles. The molecule has 1 aromatic heterocycles. The van der Waals surface area contributed by atoms with Gasteiger partial charge in [0.15, 0.2) is 4.80 Å². The van der Waals surface area contributed by atoms with Gasteiger partial charge in [-0.15, -0.1) is 18.3 Å². The van der Waals surface area contributed by atoms with Gasteiger partial charge in [0, 0.05) is 38.4 Å². The van der Waals surface area contributed by atoms with Crippen molar-refractivity contribution < 1.29 is 19.1 Å². The van der Waals surface area contributed by atoms with E-state index in [9.17, 15) is 14.4 Å². The van der Waals surface area contributed by atoms with Crippen LogP contribution in [0.5, 0.6) is 0 Å². The fourth-order valence-electron chi connectivity index (χ4n) is 4.02. The molecule has 1 fully saturated rings. The quantitative estimate of drug-likeness (QED) is 0.333. The summed E-state index contributed by atoms with van der Waals surface area (Å²) in [6, 6.07) is 15.4. The second kappa shape index (κ2) is 12.0. The number of hydrogen-bond acceptors (Lipinski definition) is 7. The number of ether oxygens (including phenoxy) is 1. The number of carbonyl (C=O) groups excluding carboxylic acids is 3. The zero-order valence-electron chi connectivity index (χ0n) is 20.1. The minimum absolute atomic E-state index is 0.0411. The lowest BCUT2D eigenvalue weighted by atomic mass is 10.2. The number of allylic oxidation sites excluding steroid dienone is 1. The number of anilines is 1. The van der Waals surface area contributed by atoms with Crippen molar-refractivity contribution in [3.05, 3.63) is 71.6 Å². The highest BCUT2D eigenvalue weighted by Crippen LogP contribution is 2.20. The maximum atomic E-state index is 12.6. The van der Waals surface area contributed by atoms with Crippen LogP contribution in [0.1, 0.15) is 10.4 Å². The van der Waals surface area contributed by atoms with E-state index >= 15 is 0 Å². The lowest BCUT2D eigenvalue weighted by Gasteiger charge is -2.36. The third-order valence-corrected chi connectivity index (χ3v) is 7.78. The molecule has 1 aliphatic heterocycles. The van der Waals surface area contributed by atoms with E-state index in [1.54, 1.807) is 18.2 Å². The Balaban J connectivity index is 1.34. The molecule has 0 radical (unpaired) electrons. The first-order valence-corrected chi connectivity index (χ1v) is 13.5. The predicted octanol–water partition coefficient (Wildman–Crippen LogP) is 3.18. The van der Waals surface area contributed by atoms with Gasteiger partial charge in [0.2, 0.25) is 5.91 Å². The highest BCUT2D eigenvalue weighted by molar-refractivity contribution is 8.00. The van der Waals surface area contributed by atoms with E-state index in [4.69, 9.17) is 4.74 Å². The van der Waals surface area contributed by atoms with Crippen molar-refractivity contribution in [2.45, 2.75) is 6.54 Å². The van der Waals surface area contributed by atoms with E-state index in [0.29, 0.717) is 30.0 Å². The fourth-order valence-corrected chi connectivity index (χ4v) is 5.81. The van der Waals surface area contributed by atoms with E-state index in [2.05, 4.69) is 28.6 Å². The molecule has 1 aliphatic rings. The molecule has 0 saturated carbocycles. The van der Waals surface area contributed by atoms with Gasteiger partial charge in [0.1, 0.15) is 0 Å². The molecule has 2 heterocycles. The van der Waals surface area contributed by atoms with Crippen LogP contribution >= 0.6 is 23.1 Å². The monoisotopic (exact) mass is 524 g/mol. The molecule has 0 aliphatic carbocycles. The fraction of sp³-hybridized carbons (Fsp3) is 0.308. The van der Waals surface area contributed by atoms with Crippen molar-refractivity contribution >= 4 is 56.8 Å². The van der Waals surface area contributed by atoms with Gasteiger partial charge in [-0.05, 0) is 30.3 Å². The molecule has 2 amide bonds. The molecule has 8 nitrogen and oxygen atoms in total. The lowest BCUT2D eigenvalue weighted by molar-refractivity contribution is -0.128. The summed E-state index contributed by atoms with van der Waals surface area (Å²) in [5, 5.41) is 0. The zero-order chi connectivity index (χ0) is 25.5. The first-order chi connectivity index (χ1) is 17.5. The van der Waals surface area contributed by atoms with Crippen molar-refractivity contribution in [3.8, 4) is 0 Å². The second-order valence-corrected chi connectivity index (χ2v) is 10.2. The van der Waals surface area contributed by atoms with Gasteiger partial charge in [0.05, 0.1) is 34.4 Å². The molecule has 36 heavy (non-hydrogen) atoms. The van der Waals surface area contributed by atoms with Gasteiger partial charge < -0.3 is 19.1 Å². The van der Waals surface area contributed by atoms with E-state index in [0.717, 1.165) is 23.3 Å². The lowest BCUT2D eigenvalue weighted by Crippen LogP contribution is -2.49. The number of thioether (sulfide) groups is 1. The average molecular weight is 525 g/mol. The average Bonchev–Trinajstić information content (AvgIpc) is 3.24. The number of fused-ring (bicyclic) bond motifs is 1. The summed E-state index contributed by atoms with van der Waals surface area (Å²) in [5.41, 5.74) is 2.47. The largest absolute Gasteiger partial charge is 0.465 e. The normalized spacial score (nSPS) is 14.2. The van der Waals surface area contributed by atoms with Crippen LogP contribution in [0.3, 0.4) is 0 Å². The van der Waals surface area contributed by atoms with Crippen LogP contribution in [0.4, 0.5) is 5.69 Å². The summed E-state index contributed by atoms with van der Waals surface area (Å²) in [5.74, 6) is -0.323. The van der Waals surface area contributed by atoms with Gasteiger partial charge in [0.25, 0.3) is 5.91 Å². The van der Waals surface area contributed by atoms with Crippen LogP contribution < -0.4 is 9.70 Å². The number of thiazole rings is 1. The van der Waals surface area contributed by atoms with Crippen LogP contribution in [0.25, 0.3) is 10.2 Å². The number of para-hydroxylation sites is 1. The molecule has 1 saturated heterocycles. The Morgan fingerprint density at radius 3 is 2.53 bits per heavy atom. The molecule has 4 rings (SSSR count). The van der Waals surface area contributed by atoms with Crippen molar-refractivity contribution in [3.63, 3.8) is 0 Å². The Morgan fingerprint density at radius 2 is 1.83 bits per heavy atom. The molecule has 10 heteroatoms. The topological polar surface area (TPSA) is 84.2 Å². The molecular weight excluding hydrogens is 496 g/mol. The number of piperazine rings is 1. The van der Waals surface area contributed by atoms with Crippen molar-refractivity contribution in [2.24, 2.45) is 4.99 Å². The molecule has 0 N–H and O–H groups in total. The van der Waals surface area contributed by atoms with Gasteiger partial charge >= 0.3 is 5.97 Å². The van der Waals surface area contributed by atoms with Crippen molar-refractivity contribution in [2.75, 3.05) is 49.7 Å². The van der Waals surface area contributed by atoms with E-state index in [1.165, 1.54) is 35.9 Å². The van der Waals surface area contributed by atoms with Crippen molar-refractivity contribution in [1.29, 1.82) is 0 Å². The Labute approximate surface area is 217 Å². The number of rotatable bonds is 8. The molecule has 0 unspecified atom stereocenters. The molecule has 3 aromatic rings. The summed E-state index contributed by atoms with van der Waals surface area (Å²) in [4.78, 5) is 46.1. The Bertz CT molecular complexity index is 1320. The number of esters is 1. The molecule has 188 valence electrons. The van der Waals surface area contributed by atoms with Crippen LogP contribution in [0.15, 0.2) is 66.2 Å². The standard InChI is InChI=1S/C26H28N4O4S2/c1-3-11-30-21-10-9-19(25(33)34-2)16-22(21)36-26(30)27-23(31)17-35-18-24(32)29-14-12-28(13-15-29)20-7-5-4-6-8-20/h3-10,16H,1,11-15,17-18H2,2H3. The van der Waals surface area contributed by atoms with Crippen LogP contribution in [0.2, 0.25) is 0 Å². The molecule has 0 spiro atoms. The molecule has 0 bridgehead atoms. The smallest absolute Gasteiger partial charge is 0.337 e. The number of hydrogen-bond donors (Lipinski definition) is 0. The maximum Gasteiger partial charge on any atom is 0.337 e. The molecular formula is C26H28N4O4S2. The number of benzene rings is 2. The number of nitrogens with zero attached hydrogens (tertiary/aromatic N) is 4. The maximum absolute atomic E-state index is 12.6. The predicted molar refractivity (Wildman–Crippen MR) is 144 cm³/mol. The zero-order valence-corrected chi connectivity index (χ0v) is 21.7. The first kappa shape index (κ1) is 25.7. The summed E-state index contributed by atoms with van der Waals surface area (Å²) >= 11 is 2.61. The number of amides is 2. The number of aromatic nitrogens is 1. The van der Waals surface area contributed by atoms with Gasteiger partial charge in [-0.3, -0.25) is 9.59 Å². The van der Waals surface area contributed by atoms with E-state index in [-0.39, 0.29) is 23.3 Å². The highest BCUT2D eigenvalue weighted by Gasteiger charge is 2.21. The van der Waals surface area contributed by atoms with Crippen LogP contribution in [-0.4, -0.2) is 72.0 Å². The highest BCUT2D eigenvalue weighted by atomic mass is 32.2. The van der Waals surface area contributed by atoms with Crippen LogP contribution in [0, 0.1) is 0 Å². The Kier molecular flexibility index (Phi) is 8.61. The number of methoxy groups -OCH3 is 1. The van der Waals surface area contributed by atoms with Gasteiger partial charge in [-0.1, -0.05) is 35.6 Å². The summed E-state index contributed by atoms with van der Waals surface area (Å²) in [6.07, 6.45) is 1.73. The minimum Gasteiger partial charge on any atom is -0.465 e. The summed E-state index contributed by atoms with van der Waals surface area (Å²) in [7, 11) is 1.34. The Hall–Kier alpha value is -3.37. The minimum atomic E-state index is -0.419. The number of carbonyl (C=O) groups is 3. The van der Waals surface area contributed by atoms with Gasteiger partial charge in [-0.25, -0.2) is 4.79 Å². The summed E-state index contributed by atoms with van der Waals surface area (Å²) in [6.45, 7) is 7.19.